The maximum atomic E-state index is 10.5. The highest BCUT2D eigenvalue weighted by atomic mass is 32.3. The van der Waals surface area contributed by atoms with Crippen LogP contribution in [0, 0.1) is 5.41 Å². The van der Waals surface area contributed by atoms with Gasteiger partial charge in [-0.3, -0.25) is 4.55 Å². The molecule has 0 radical (unpaired) electrons. The van der Waals surface area contributed by atoms with Crippen molar-refractivity contribution in [3.05, 3.63) is 38.0 Å². The molecule has 0 rings (SSSR count). The Morgan fingerprint density at radius 3 is 1.69 bits per heavy atom. The Hall–Kier alpha value is -0.910. The van der Waals surface area contributed by atoms with Crippen LogP contribution in [-0.2, 0) is 14.6 Å². The van der Waals surface area contributed by atoms with Crippen molar-refractivity contribution in [3.8, 4) is 0 Å². The van der Waals surface area contributed by atoms with Crippen molar-refractivity contribution in [2.75, 3.05) is 6.61 Å². The first-order valence-corrected chi connectivity index (χ1v) is 6.20. The molecule has 0 unspecified atom stereocenters. The number of hydrogen-bond acceptors (Lipinski definition) is 3. The lowest BCUT2D eigenvalue weighted by Gasteiger charge is -2.29. The number of hydrogen-bond donors (Lipinski definition) is 1. The highest BCUT2D eigenvalue weighted by molar-refractivity contribution is 7.80. The van der Waals surface area contributed by atoms with Crippen molar-refractivity contribution in [1.29, 1.82) is 0 Å². The Kier molecular flexibility index (Phi) is 6.25. The maximum Gasteiger partial charge on any atom is 0.397 e. The molecule has 0 aromatic heterocycles. The predicted molar refractivity (Wildman–Crippen MR) is 64.4 cm³/mol. The van der Waals surface area contributed by atoms with E-state index in [4.69, 9.17) is 4.55 Å². The van der Waals surface area contributed by atoms with Crippen LogP contribution in [0.15, 0.2) is 38.0 Å². The minimum atomic E-state index is -4.42. The third-order valence-electron chi connectivity index (χ3n) is 2.25. The van der Waals surface area contributed by atoms with Crippen LogP contribution in [0.5, 0.6) is 0 Å². The zero-order chi connectivity index (χ0) is 12.7. The Balaban J connectivity index is 4.78. The Morgan fingerprint density at radius 1 is 1.06 bits per heavy atom. The normalized spacial score (nSPS) is 12.1. The summed E-state index contributed by atoms with van der Waals surface area (Å²) in [6.45, 7) is 10.7. The predicted octanol–water partition coefficient (Wildman–Crippen LogP) is 2.52. The minimum absolute atomic E-state index is 0.115. The standard InChI is InChI=1S/C11H18O4S/c1-4-7-11(8-5-2,9-6-3)10-15-16(12,13)14/h4-6H,1-3,7-10H2,(H,12,13,14). The molecule has 0 aromatic rings. The van der Waals surface area contributed by atoms with Crippen LogP contribution in [0.1, 0.15) is 19.3 Å². The first kappa shape index (κ1) is 15.1. The second kappa shape index (κ2) is 6.62. The zero-order valence-electron chi connectivity index (χ0n) is 9.26. The summed E-state index contributed by atoms with van der Waals surface area (Å²) in [4.78, 5) is 0. The van der Waals surface area contributed by atoms with Gasteiger partial charge in [0.15, 0.2) is 0 Å². The molecule has 0 saturated carbocycles. The van der Waals surface area contributed by atoms with Crippen LogP contribution >= 0.6 is 0 Å². The van der Waals surface area contributed by atoms with Gasteiger partial charge in [0.2, 0.25) is 0 Å². The molecule has 0 bridgehead atoms. The first-order chi connectivity index (χ1) is 7.39. The molecule has 16 heavy (non-hydrogen) atoms. The van der Waals surface area contributed by atoms with Gasteiger partial charge >= 0.3 is 10.4 Å². The maximum absolute atomic E-state index is 10.5. The lowest BCUT2D eigenvalue weighted by Crippen LogP contribution is -2.27. The van der Waals surface area contributed by atoms with E-state index in [1.165, 1.54) is 0 Å². The van der Waals surface area contributed by atoms with E-state index in [2.05, 4.69) is 23.9 Å². The van der Waals surface area contributed by atoms with Gasteiger partial charge in [-0.15, -0.1) is 19.7 Å². The average Bonchev–Trinajstić information content (AvgIpc) is 2.15. The molecule has 0 heterocycles. The first-order valence-electron chi connectivity index (χ1n) is 4.83. The van der Waals surface area contributed by atoms with Crippen molar-refractivity contribution in [2.45, 2.75) is 19.3 Å². The van der Waals surface area contributed by atoms with Gasteiger partial charge in [0, 0.05) is 5.41 Å². The molecule has 0 aromatic carbocycles. The molecule has 0 spiro atoms. The Bertz CT molecular complexity index is 316. The third kappa shape index (κ3) is 5.85. The summed E-state index contributed by atoms with van der Waals surface area (Å²) in [6.07, 6.45) is 6.71. The summed E-state index contributed by atoms with van der Waals surface area (Å²) in [5.74, 6) is 0. The fourth-order valence-electron chi connectivity index (χ4n) is 1.54. The monoisotopic (exact) mass is 246 g/mol. The Morgan fingerprint density at radius 2 is 1.44 bits per heavy atom. The van der Waals surface area contributed by atoms with E-state index in [-0.39, 0.29) is 6.61 Å². The summed E-state index contributed by atoms with van der Waals surface area (Å²) < 4.78 is 34.1. The van der Waals surface area contributed by atoms with Crippen LogP contribution in [0.3, 0.4) is 0 Å². The highest BCUT2D eigenvalue weighted by Crippen LogP contribution is 2.33. The molecule has 1 N–H and O–H groups in total. The summed E-state index contributed by atoms with van der Waals surface area (Å²) in [5.41, 5.74) is -0.457. The van der Waals surface area contributed by atoms with Gasteiger partial charge < -0.3 is 0 Å². The smallest absolute Gasteiger partial charge is 0.264 e. The second-order valence-corrected chi connectivity index (χ2v) is 4.76. The average molecular weight is 246 g/mol. The topological polar surface area (TPSA) is 63.6 Å². The van der Waals surface area contributed by atoms with Gasteiger partial charge in [-0.25, -0.2) is 4.18 Å². The largest absolute Gasteiger partial charge is 0.397 e. The zero-order valence-corrected chi connectivity index (χ0v) is 10.1. The molecule has 0 aliphatic heterocycles. The molecule has 4 nitrogen and oxygen atoms in total. The molecule has 0 aliphatic carbocycles. The summed E-state index contributed by atoms with van der Waals surface area (Å²) in [5, 5.41) is 0. The van der Waals surface area contributed by atoms with Gasteiger partial charge in [0.05, 0.1) is 6.61 Å². The van der Waals surface area contributed by atoms with Crippen molar-refractivity contribution in [3.63, 3.8) is 0 Å². The molecular weight excluding hydrogens is 228 g/mol. The molecule has 0 atom stereocenters. The minimum Gasteiger partial charge on any atom is -0.264 e. The van der Waals surface area contributed by atoms with Crippen molar-refractivity contribution in [1.82, 2.24) is 0 Å². The van der Waals surface area contributed by atoms with E-state index >= 15 is 0 Å². The summed E-state index contributed by atoms with van der Waals surface area (Å²) >= 11 is 0. The van der Waals surface area contributed by atoms with Crippen molar-refractivity contribution in [2.24, 2.45) is 5.41 Å². The van der Waals surface area contributed by atoms with Crippen molar-refractivity contribution < 1.29 is 17.2 Å². The molecule has 0 aliphatic rings. The van der Waals surface area contributed by atoms with Crippen LogP contribution in [0.4, 0.5) is 0 Å². The van der Waals surface area contributed by atoms with E-state index < -0.39 is 15.8 Å². The summed E-state index contributed by atoms with van der Waals surface area (Å²) in [6, 6.07) is 0. The second-order valence-electron chi connectivity index (χ2n) is 3.67. The number of rotatable bonds is 9. The van der Waals surface area contributed by atoms with Crippen molar-refractivity contribution >= 4 is 10.4 Å². The van der Waals surface area contributed by atoms with Gasteiger partial charge in [0.25, 0.3) is 0 Å². The van der Waals surface area contributed by atoms with Gasteiger partial charge in [-0.2, -0.15) is 8.42 Å². The fraction of sp³-hybridized carbons (Fsp3) is 0.455. The van der Waals surface area contributed by atoms with Crippen LogP contribution in [0.25, 0.3) is 0 Å². The van der Waals surface area contributed by atoms with E-state index in [0.29, 0.717) is 19.3 Å². The molecule has 0 fully saturated rings. The lowest BCUT2D eigenvalue weighted by molar-refractivity contribution is 0.140. The molecule has 5 heteroatoms. The van der Waals surface area contributed by atoms with E-state index in [0.717, 1.165) is 0 Å². The third-order valence-corrected chi connectivity index (χ3v) is 2.66. The van der Waals surface area contributed by atoms with E-state index in [1.54, 1.807) is 18.2 Å². The van der Waals surface area contributed by atoms with Crippen LogP contribution < -0.4 is 0 Å². The molecule has 0 amide bonds. The molecular formula is C11H18O4S. The SMILES string of the molecule is C=CCC(CC=C)(CC=C)COS(=O)(=O)O. The van der Waals surface area contributed by atoms with Gasteiger partial charge in [0.1, 0.15) is 0 Å². The van der Waals surface area contributed by atoms with Crippen LogP contribution in [0.2, 0.25) is 0 Å². The summed E-state index contributed by atoms with van der Waals surface area (Å²) in [7, 11) is -4.42. The van der Waals surface area contributed by atoms with E-state index in [9.17, 15) is 8.42 Å². The Labute approximate surface area is 97.3 Å². The van der Waals surface area contributed by atoms with Gasteiger partial charge in [-0.1, -0.05) is 18.2 Å². The quantitative estimate of drug-likeness (QED) is 0.501. The van der Waals surface area contributed by atoms with Crippen LogP contribution in [-0.4, -0.2) is 19.6 Å². The van der Waals surface area contributed by atoms with E-state index in [1.807, 2.05) is 0 Å². The molecule has 92 valence electrons. The highest BCUT2D eigenvalue weighted by Gasteiger charge is 2.28. The molecule has 0 saturated heterocycles. The van der Waals surface area contributed by atoms with Gasteiger partial charge in [-0.05, 0) is 19.3 Å². The number of allylic oxidation sites excluding steroid dienone is 3. The lowest BCUT2D eigenvalue weighted by atomic mass is 9.79. The fourth-order valence-corrected chi connectivity index (χ4v) is 1.94.